The summed E-state index contributed by atoms with van der Waals surface area (Å²) in [5.74, 6) is -2.81. The number of benzene rings is 1. The summed E-state index contributed by atoms with van der Waals surface area (Å²) < 4.78 is 4.99. The van der Waals surface area contributed by atoms with Crippen molar-refractivity contribution < 1.29 is 28.7 Å². The molecule has 0 N–H and O–H groups in total. The third-order valence-electron chi connectivity index (χ3n) is 4.81. The molecule has 0 unspecified atom stereocenters. The number of imide groups is 1. The SMILES string of the molecule is CCN(CC)C(=O)CN(C)C(=O)COC(=O)[C@H](C)N1C(=O)c2ccccc2C1=O. The average Bonchev–Trinajstić information content (AvgIpc) is 2.96. The standard InChI is InChI=1S/C20H25N3O6/c1-5-22(6-2)16(24)11-21(4)17(25)12-29-20(28)13(3)23-18(26)14-9-7-8-10-15(14)19(23)27/h7-10,13H,5-6,11-12H2,1-4H3/t13-/m0/s1. The second kappa shape index (κ2) is 9.31. The lowest BCUT2D eigenvalue weighted by Crippen LogP contribution is -2.45. The van der Waals surface area contributed by atoms with Gasteiger partial charge >= 0.3 is 5.97 Å². The largest absolute Gasteiger partial charge is 0.454 e. The van der Waals surface area contributed by atoms with Crippen molar-refractivity contribution in [3.05, 3.63) is 35.4 Å². The topological polar surface area (TPSA) is 104 Å². The Morgan fingerprint density at radius 1 is 1.00 bits per heavy atom. The fourth-order valence-corrected chi connectivity index (χ4v) is 3.00. The molecule has 29 heavy (non-hydrogen) atoms. The van der Waals surface area contributed by atoms with Crippen LogP contribution >= 0.6 is 0 Å². The second-order valence-electron chi connectivity index (χ2n) is 6.63. The fourth-order valence-electron chi connectivity index (χ4n) is 3.00. The van der Waals surface area contributed by atoms with Crippen molar-refractivity contribution in [1.82, 2.24) is 14.7 Å². The predicted molar refractivity (Wildman–Crippen MR) is 103 cm³/mol. The monoisotopic (exact) mass is 403 g/mol. The molecular weight excluding hydrogens is 378 g/mol. The van der Waals surface area contributed by atoms with Gasteiger partial charge in [-0.1, -0.05) is 12.1 Å². The number of amides is 4. The molecule has 1 aliphatic rings. The molecular formula is C20H25N3O6. The van der Waals surface area contributed by atoms with Gasteiger partial charge in [-0.05, 0) is 32.9 Å². The van der Waals surface area contributed by atoms with Crippen LogP contribution < -0.4 is 0 Å². The molecule has 1 aliphatic heterocycles. The summed E-state index contributed by atoms with van der Waals surface area (Å²) in [6, 6.07) is 5.10. The van der Waals surface area contributed by atoms with Crippen molar-refractivity contribution in [2.45, 2.75) is 26.8 Å². The molecule has 0 saturated carbocycles. The molecule has 1 aromatic carbocycles. The maximum absolute atomic E-state index is 12.4. The third kappa shape index (κ3) is 4.61. The van der Waals surface area contributed by atoms with E-state index >= 15 is 0 Å². The van der Waals surface area contributed by atoms with Crippen molar-refractivity contribution in [3.8, 4) is 0 Å². The van der Waals surface area contributed by atoms with Gasteiger partial charge in [-0.2, -0.15) is 0 Å². The number of likely N-dealkylation sites (N-methyl/N-ethyl adjacent to an activating group) is 2. The van der Waals surface area contributed by atoms with Gasteiger partial charge in [0.05, 0.1) is 17.7 Å². The minimum atomic E-state index is -1.18. The van der Waals surface area contributed by atoms with Crippen LogP contribution in [0.5, 0.6) is 0 Å². The maximum atomic E-state index is 12.4. The van der Waals surface area contributed by atoms with Crippen molar-refractivity contribution in [3.63, 3.8) is 0 Å². The fraction of sp³-hybridized carbons (Fsp3) is 0.450. The van der Waals surface area contributed by atoms with E-state index in [1.807, 2.05) is 13.8 Å². The molecule has 0 aliphatic carbocycles. The Balaban J connectivity index is 1.92. The van der Waals surface area contributed by atoms with Crippen molar-refractivity contribution >= 4 is 29.6 Å². The van der Waals surface area contributed by atoms with Crippen molar-refractivity contribution in [1.29, 1.82) is 0 Å². The molecule has 4 amide bonds. The molecule has 0 bridgehead atoms. The number of nitrogens with zero attached hydrogens (tertiary/aromatic N) is 3. The molecule has 0 spiro atoms. The van der Waals surface area contributed by atoms with Crippen LogP contribution in [0.3, 0.4) is 0 Å². The van der Waals surface area contributed by atoms with E-state index in [1.165, 1.54) is 31.0 Å². The van der Waals surface area contributed by atoms with Gasteiger partial charge in [0, 0.05) is 20.1 Å². The van der Waals surface area contributed by atoms with Gasteiger partial charge < -0.3 is 14.5 Å². The highest BCUT2D eigenvalue weighted by Crippen LogP contribution is 2.24. The Labute approximate surface area is 169 Å². The summed E-state index contributed by atoms with van der Waals surface area (Å²) in [4.78, 5) is 65.0. The minimum Gasteiger partial charge on any atom is -0.454 e. The van der Waals surface area contributed by atoms with E-state index in [0.29, 0.717) is 13.1 Å². The van der Waals surface area contributed by atoms with E-state index in [0.717, 1.165) is 4.90 Å². The van der Waals surface area contributed by atoms with E-state index in [1.54, 1.807) is 17.0 Å². The van der Waals surface area contributed by atoms with Gasteiger partial charge in [-0.15, -0.1) is 0 Å². The Bertz CT molecular complexity index is 798. The Morgan fingerprint density at radius 3 is 2.00 bits per heavy atom. The van der Waals surface area contributed by atoms with Crippen molar-refractivity contribution in [2.75, 3.05) is 33.3 Å². The van der Waals surface area contributed by atoms with Crippen LogP contribution in [0.15, 0.2) is 24.3 Å². The number of carbonyl (C=O) groups is 5. The molecule has 1 aromatic rings. The normalized spacial score (nSPS) is 13.7. The first-order valence-electron chi connectivity index (χ1n) is 9.38. The lowest BCUT2D eigenvalue weighted by atomic mass is 10.1. The summed E-state index contributed by atoms with van der Waals surface area (Å²) in [7, 11) is 1.44. The van der Waals surface area contributed by atoms with Gasteiger partial charge in [0.1, 0.15) is 6.04 Å². The summed E-state index contributed by atoms with van der Waals surface area (Å²) >= 11 is 0. The van der Waals surface area contributed by atoms with Crippen LogP contribution in [0.1, 0.15) is 41.5 Å². The van der Waals surface area contributed by atoms with Gasteiger partial charge in [0.15, 0.2) is 6.61 Å². The average molecular weight is 403 g/mol. The zero-order valence-electron chi connectivity index (χ0n) is 17.0. The van der Waals surface area contributed by atoms with Crippen LogP contribution in [0.4, 0.5) is 0 Å². The summed E-state index contributed by atoms with van der Waals surface area (Å²) in [5.41, 5.74) is 0.450. The molecule has 9 heteroatoms. The number of fused-ring (bicyclic) bond motifs is 1. The molecule has 0 fully saturated rings. The number of rotatable bonds is 8. The molecule has 2 rings (SSSR count). The Morgan fingerprint density at radius 2 is 1.52 bits per heavy atom. The molecule has 156 valence electrons. The molecule has 1 atom stereocenters. The Hall–Kier alpha value is -3.23. The smallest absolute Gasteiger partial charge is 0.329 e. The van der Waals surface area contributed by atoms with E-state index < -0.39 is 36.3 Å². The van der Waals surface area contributed by atoms with Crippen LogP contribution in [0.2, 0.25) is 0 Å². The molecule has 9 nitrogen and oxygen atoms in total. The molecule has 0 saturated heterocycles. The summed E-state index contributed by atoms with van der Waals surface area (Å²) in [6.45, 7) is 5.38. The van der Waals surface area contributed by atoms with Gasteiger partial charge in [-0.25, -0.2) is 4.79 Å². The lowest BCUT2D eigenvalue weighted by molar-refractivity contribution is -0.155. The first-order chi connectivity index (χ1) is 13.7. The van der Waals surface area contributed by atoms with Gasteiger partial charge in [0.25, 0.3) is 17.7 Å². The zero-order chi connectivity index (χ0) is 21.7. The Kier molecular flexibility index (Phi) is 7.08. The molecule has 0 radical (unpaired) electrons. The summed E-state index contributed by atoms with van der Waals surface area (Å²) in [6.07, 6.45) is 0. The van der Waals surface area contributed by atoms with E-state index in [4.69, 9.17) is 4.74 Å². The number of carbonyl (C=O) groups excluding carboxylic acids is 5. The van der Waals surface area contributed by atoms with Gasteiger partial charge in [-0.3, -0.25) is 24.1 Å². The number of hydrogen-bond acceptors (Lipinski definition) is 6. The highest BCUT2D eigenvalue weighted by atomic mass is 16.5. The van der Waals surface area contributed by atoms with E-state index in [2.05, 4.69) is 0 Å². The molecule has 0 aromatic heterocycles. The maximum Gasteiger partial charge on any atom is 0.329 e. The highest BCUT2D eigenvalue weighted by Gasteiger charge is 2.41. The first-order valence-corrected chi connectivity index (χ1v) is 9.38. The number of ether oxygens (including phenoxy) is 1. The highest BCUT2D eigenvalue weighted by molar-refractivity contribution is 6.22. The van der Waals surface area contributed by atoms with Crippen LogP contribution in [-0.2, 0) is 19.1 Å². The third-order valence-corrected chi connectivity index (χ3v) is 4.81. The zero-order valence-corrected chi connectivity index (χ0v) is 17.0. The van der Waals surface area contributed by atoms with Gasteiger partial charge in [0.2, 0.25) is 5.91 Å². The number of hydrogen-bond donors (Lipinski definition) is 0. The van der Waals surface area contributed by atoms with Crippen LogP contribution in [0, 0.1) is 0 Å². The van der Waals surface area contributed by atoms with Crippen molar-refractivity contribution in [2.24, 2.45) is 0 Å². The van der Waals surface area contributed by atoms with E-state index in [-0.39, 0.29) is 23.6 Å². The first kappa shape index (κ1) is 22.1. The van der Waals surface area contributed by atoms with Crippen LogP contribution in [-0.4, -0.2) is 83.6 Å². The summed E-state index contributed by atoms with van der Waals surface area (Å²) in [5, 5.41) is 0. The van der Waals surface area contributed by atoms with E-state index in [9.17, 15) is 24.0 Å². The second-order valence-corrected chi connectivity index (χ2v) is 6.63. The molecule has 1 heterocycles. The predicted octanol–water partition coefficient (Wildman–Crippen LogP) is 0.541. The minimum absolute atomic E-state index is 0.133. The lowest BCUT2D eigenvalue weighted by Gasteiger charge is -2.24. The quantitative estimate of drug-likeness (QED) is 0.464. The number of esters is 1. The van der Waals surface area contributed by atoms with Crippen LogP contribution in [0.25, 0.3) is 0 Å².